The molecular weight excluding hydrogens is 326 g/mol. The first-order chi connectivity index (χ1) is 11.9. The molecule has 25 heavy (non-hydrogen) atoms. The van der Waals surface area contributed by atoms with Gasteiger partial charge in [0.15, 0.2) is 0 Å². The van der Waals surface area contributed by atoms with Crippen LogP contribution in [0.25, 0.3) is 0 Å². The van der Waals surface area contributed by atoms with Gasteiger partial charge in [-0.1, -0.05) is 12.1 Å². The number of esters is 1. The lowest BCUT2D eigenvalue weighted by molar-refractivity contribution is -0.385. The fourth-order valence-corrected chi connectivity index (χ4v) is 2.43. The number of ether oxygens (including phenoxy) is 1. The molecule has 0 radical (unpaired) electrons. The van der Waals surface area contributed by atoms with Crippen molar-refractivity contribution in [3.8, 4) is 0 Å². The average Bonchev–Trinajstić information content (AvgIpc) is 2.97. The zero-order chi connectivity index (χ0) is 18.6. The van der Waals surface area contributed by atoms with Gasteiger partial charge in [-0.15, -0.1) is 0 Å². The van der Waals surface area contributed by atoms with Crippen LogP contribution in [0.2, 0.25) is 0 Å². The van der Waals surface area contributed by atoms with Crippen LogP contribution in [0.1, 0.15) is 31.8 Å². The molecule has 0 bridgehead atoms. The lowest BCUT2D eigenvalue weighted by Gasteiger charge is -2.03. The molecule has 2 aromatic carbocycles. The number of nitrogens with zero attached hydrogens (tertiary/aromatic N) is 1. The number of hydrogen-bond donors (Lipinski definition) is 2. The Hall–Kier alpha value is -3.42. The summed E-state index contributed by atoms with van der Waals surface area (Å²) in [6.45, 7) is 2.09. The second kappa shape index (κ2) is 7.43. The Labute approximate surface area is 143 Å². The van der Waals surface area contributed by atoms with Gasteiger partial charge in [-0.05, 0) is 25.1 Å². The standard InChI is InChI=1S/C9H9NO4.C8H8N2O/c1-6-7(9(11)14-2)4-3-5-8(6)10(12)13;9-7-3-1-2-5-6(7)4-10-8(5)11/h3-5H,1-2H3;1-3H,4,9H2,(H,10,11). The van der Waals surface area contributed by atoms with E-state index in [-0.39, 0.29) is 17.2 Å². The Balaban J connectivity index is 0.000000185. The Morgan fingerprint density at radius 1 is 1.28 bits per heavy atom. The zero-order valence-electron chi connectivity index (χ0n) is 13.7. The quantitative estimate of drug-likeness (QED) is 0.373. The van der Waals surface area contributed by atoms with E-state index in [4.69, 9.17) is 5.73 Å². The minimum absolute atomic E-state index is 0.0210. The van der Waals surface area contributed by atoms with Gasteiger partial charge in [-0.25, -0.2) is 4.79 Å². The highest BCUT2D eigenvalue weighted by atomic mass is 16.6. The number of carbonyl (C=O) groups is 2. The summed E-state index contributed by atoms with van der Waals surface area (Å²) < 4.78 is 4.49. The topological polar surface area (TPSA) is 125 Å². The molecule has 3 rings (SSSR count). The first-order valence-electron chi connectivity index (χ1n) is 7.34. The van der Waals surface area contributed by atoms with Gasteiger partial charge in [-0.2, -0.15) is 0 Å². The van der Waals surface area contributed by atoms with Crippen molar-refractivity contribution in [1.82, 2.24) is 5.32 Å². The summed E-state index contributed by atoms with van der Waals surface area (Å²) in [6, 6.07) is 9.68. The summed E-state index contributed by atoms with van der Waals surface area (Å²) in [5.41, 5.74) is 8.45. The van der Waals surface area contributed by atoms with Gasteiger partial charge in [0, 0.05) is 35.0 Å². The molecule has 0 unspecified atom stereocenters. The molecule has 0 saturated carbocycles. The fourth-order valence-electron chi connectivity index (χ4n) is 2.43. The first kappa shape index (κ1) is 17.9. The maximum Gasteiger partial charge on any atom is 0.338 e. The van der Waals surface area contributed by atoms with Crippen LogP contribution >= 0.6 is 0 Å². The second-order valence-electron chi connectivity index (χ2n) is 5.25. The first-order valence-corrected chi connectivity index (χ1v) is 7.34. The molecule has 8 heteroatoms. The van der Waals surface area contributed by atoms with E-state index in [1.165, 1.54) is 32.2 Å². The number of anilines is 1. The Morgan fingerprint density at radius 2 is 1.96 bits per heavy atom. The maximum atomic E-state index is 11.2. The second-order valence-corrected chi connectivity index (χ2v) is 5.25. The Bertz CT molecular complexity index is 848. The highest BCUT2D eigenvalue weighted by Crippen LogP contribution is 2.22. The van der Waals surface area contributed by atoms with E-state index in [0.717, 1.165) is 5.56 Å². The third kappa shape index (κ3) is 3.74. The highest BCUT2D eigenvalue weighted by Gasteiger charge is 2.19. The number of fused-ring (bicyclic) bond motifs is 1. The summed E-state index contributed by atoms with van der Waals surface area (Å²) >= 11 is 0. The summed E-state index contributed by atoms with van der Waals surface area (Å²) in [6.07, 6.45) is 0. The molecule has 130 valence electrons. The van der Waals surface area contributed by atoms with Crippen LogP contribution in [-0.4, -0.2) is 23.9 Å². The van der Waals surface area contributed by atoms with Crippen molar-refractivity contribution in [2.75, 3.05) is 12.8 Å². The van der Waals surface area contributed by atoms with E-state index >= 15 is 0 Å². The molecule has 1 heterocycles. The number of carbonyl (C=O) groups excluding carboxylic acids is 2. The molecule has 0 spiro atoms. The van der Waals surface area contributed by atoms with Crippen molar-refractivity contribution in [3.05, 3.63) is 68.8 Å². The van der Waals surface area contributed by atoms with Crippen LogP contribution in [-0.2, 0) is 11.3 Å². The van der Waals surface area contributed by atoms with E-state index in [0.29, 0.717) is 23.4 Å². The third-order valence-electron chi connectivity index (χ3n) is 3.79. The van der Waals surface area contributed by atoms with Crippen LogP contribution < -0.4 is 11.1 Å². The van der Waals surface area contributed by atoms with E-state index in [1.54, 1.807) is 18.2 Å². The molecule has 1 aliphatic heterocycles. The number of benzene rings is 2. The Kier molecular flexibility index (Phi) is 5.33. The summed E-state index contributed by atoms with van der Waals surface area (Å²) in [4.78, 5) is 32.2. The molecule has 2 aromatic rings. The minimum Gasteiger partial charge on any atom is -0.465 e. The van der Waals surface area contributed by atoms with E-state index in [9.17, 15) is 19.7 Å². The molecule has 8 nitrogen and oxygen atoms in total. The van der Waals surface area contributed by atoms with Gasteiger partial charge in [-0.3, -0.25) is 14.9 Å². The van der Waals surface area contributed by atoms with Gasteiger partial charge in [0.2, 0.25) is 0 Å². The number of nitrogens with two attached hydrogens (primary N) is 1. The van der Waals surface area contributed by atoms with E-state index < -0.39 is 10.9 Å². The molecule has 1 aliphatic rings. The van der Waals surface area contributed by atoms with Crippen molar-refractivity contribution in [1.29, 1.82) is 0 Å². The molecule has 0 aromatic heterocycles. The number of nitrogens with one attached hydrogen (secondary N) is 1. The number of nitrogen functional groups attached to an aromatic ring is 1. The summed E-state index contributed by atoms with van der Waals surface area (Å²) in [7, 11) is 1.24. The smallest absolute Gasteiger partial charge is 0.338 e. The number of nitro benzene ring substituents is 1. The molecule has 0 fully saturated rings. The predicted molar refractivity (Wildman–Crippen MR) is 91.2 cm³/mol. The molecule has 0 atom stereocenters. The lowest BCUT2D eigenvalue weighted by atomic mass is 10.1. The van der Waals surface area contributed by atoms with Crippen LogP contribution in [0, 0.1) is 17.0 Å². The number of amides is 1. The van der Waals surface area contributed by atoms with Crippen LogP contribution in [0.4, 0.5) is 11.4 Å². The zero-order valence-corrected chi connectivity index (χ0v) is 13.7. The van der Waals surface area contributed by atoms with E-state index in [2.05, 4.69) is 10.1 Å². The van der Waals surface area contributed by atoms with Crippen molar-refractivity contribution >= 4 is 23.3 Å². The summed E-state index contributed by atoms with van der Waals surface area (Å²) in [5.74, 6) is -0.585. The van der Waals surface area contributed by atoms with Crippen molar-refractivity contribution in [2.45, 2.75) is 13.5 Å². The van der Waals surface area contributed by atoms with Crippen molar-refractivity contribution < 1.29 is 19.2 Å². The predicted octanol–water partition coefficient (Wildman–Crippen LogP) is 2.20. The van der Waals surface area contributed by atoms with Gasteiger partial charge < -0.3 is 15.8 Å². The SMILES string of the molecule is COC(=O)c1cccc([N+](=O)[O-])c1C.Nc1cccc2c1CNC2=O. The van der Waals surface area contributed by atoms with Crippen molar-refractivity contribution in [2.24, 2.45) is 0 Å². The lowest BCUT2D eigenvalue weighted by Crippen LogP contribution is -2.12. The molecule has 1 amide bonds. The highest BCUT2D eigenvalue weighted by molar-refractivity contribution is 5.99. The number of methoxy groups -OCH3 is 1. The number of rotatable bonds is 2. The van der Waals surface area contributed by atoms with Gasteiger partial charge in [0.25, 0.3) is 11.6 Å². The number of hydrogen-bond acceptors (Lipinski definition) is 6. The molecule has 0 saturated heterocycles. The molecule has 0 aliphatic carbocycles. The van der Waals surface area contributed by atoms with Gasteiger partial charge in [0.05, 0.1) is 17.6 Å². The molecule has 3 N–H and O–H groups in total. The van der Waals surface area contributed by atoms with Crippen LogP contribution in [0.15, 0.2) is 36.4 Å². The number of nitro groups is 1. The van der Waals surface area contributed by atoms with Crippen LogP contribution in [0.3, 0.4) is 0 Å². The van der Waals surface area contributed by atoms with Gasteiger partial charge in [0.1, 0.15) is 0 Å². The molecular formula is C17H17N3O5. The largest absolute Gasteiger partial charge is 0.465 e. The van der Waals surface area contributed by atoms with E-state index in [1.807, 2.05) is 0 Å². The maximum absolute atomic E-state index is 11.2. The van der Waals surface area contributed by atoms with Crippen LogP contribution in [0.5, 0.6) is 0 Å². The third-order valence-corrected chi connectivity index (χ3v) is 3.79. The normalized spacial score (nSPS) is 11.7. The summed E-state index contributed by atoms with van der Waals surface area (Å²) in [5, 5.41) is 13.2. The monoisotopic (exact) mass is 343 g/mol. The van der Waals surface area contributed by atoms with Gasteiger partial charge >= 0.3 is 5.97 Å². The average molecular weight is 343 g/mol. The Morgan fingerprint density at radius 3 is 2.56 bits per heavy atom. The minimum atomic E-state index is -0.564. The van der Waals surface area contributed by atoms with Crippen molar-refractivity contribution in [3.63, 3.8) is 0 Å². The fraction of sp³-hybridized carbons (Fsp3) is 0.176.